The molecule has 1 aliphatic carbocycles. The number of aryl methyl sites for hydroxylation is 1. The fourth-order valence-electron chi connectivity index (χ4n) is 3.69. The number of nitrogens with one attached hydrogen (secondary N) is 1. The van der Waals surface area contributed by atoms with Gasteiger partial charge in [-0.3, -0.25) is 9.59 Å². The molecular weight excluding hydrogens is 384 g/mol. The fraction of sp³-hybridized carbons (Fsp3) is 0.364. The molecule has 1 fully saturated rings. The minimum Gasteiger partial charge on any atom is -0.352 e. The average Bonchev–Trinajstić information content (AvgIpc) is 3.22. The van der Waals surface area contributed by atoms with Gasteiger partial charge in [-0.2, -0.15) is 0 Å². The molecule has 7 heteroatoms. The lowest BCUT2D eigenvalue weighted by atomic mass is 10.2. The normalized spacial score (nSPS) is 15.5. The second-order valence-corrected chi connectivity index (χ2v) is 8.75. The molecule has 150 valence electrons. The van der Waals surface area contributed by atoms with Crippen molar-refractivity contribution in [2.24, 2.45) is 0 Å². The van der Waals surface area contributed by atoms with E-state index in [1.165, 1.54) is 16.3 Å². The maximum absolute atomic E-state index is 13.3. The van der Waals surface area contributed by atoms with Crippen LogP contribution in [0.25, 0.3) is 16.7 Å². The number of carbonyl (C=O) groups excluding carboxylic acids is 1. The van der Waals surface area contributed by atoms with Gasteiger partial charge in [0.05, 0.1) is 16.2 Å². The fourth-order valence-corrected chi connectivity index (χ4v) is 4.61. The van der Waals surface area contributed by atoms with E-state index in [9.17, 15) is 9.59 Å². The number of hydrogen-bond donors (Lipinski definition) is 1. The van der Waals surface area contributed by atoms with Gasteiger partial charge in [-0.25, -0.2) is 14.5 Å². The maximum Gasteiger partial charge on any atom is 0.267 e. The molecule has 1 aliphatic rings. The van der Waals surface area contributed by atoms with Crippen molar-refractivity contribution >= 4 is 28.6 Å². The van der Waals surface area contributed by atoms with E-state index in [0.29, 0.717) is 21.9 Å². The van der Waals surface area contributed by atoms with Crippen LogP contribution in [-0.4, -0.2) is 31.7 Å². The van der Waals surface area contributed by atoms with Crippen LogP contribution in [0.15, 0.2) is 52.5 Å². The second kappa shape index (κ2) is 8.37. The molecule has 0 radical (unpaired) electrons. The van der Waals surface area contributed by atoms with Gasteiger partial charge in [0.25, 0.3) is 5.56 Å². The van der Waals surface area contributed by atoms with Gasteiger partial charge in [0.2, 0.25) is 5.91 Å². The zero-order chi connectivity index (χ0) is 20.4. The summed E-state index contributed by atoms with van der Waals surface area (Å²) in [7, 11) is 0. The summed E-state index contributed by atoms with van der Waals surface area (Å²) in [6, 6.07) is 11.3. The van der Waals surface area contributed by atoms with Gasteiger partial charge >= 0.3 is 0 Å². The summed E-state index contributed by atoms with van der Waals surface area (Å²) in [4.78, 5) is 35.1. The third-order valence-electron chi connectivity index (χ3n) is 5.29. The summed E-state index contributed by atoms with van der Waals surface area (Å²) in [5.74, 6) is 0.523. The highest BCUT2D eigenvalue weighted by molar-refractivity contribution is 8.00. The zero-order valence-corrected chi connectivity index (χ0v) is 17.4. The first kappa shape index (κ1) is 19.6. The van der Waals surface area contributed by atoms with Gasteiger partial charge < -0.3 is 5.32 Å². The van der Waals surface area contributed by atoms with Crippen molar-refractivity contribution in [3.05, 3.63) is 58.5 Å². The molecule has 0 spiro atoms. The van der Waals surface area contributed by atoms with Crippen LogP contribution in [-0.2, 0) is 4.79 Å². The monoisotopic (exact) mass is 408 g/mol. The predicted octanol–water partition coefficient (Wildman–Crippen LogP) is 3.63. The molecule has 3 aromatic rings. The first-order chi connectivity index (χ1) is 14.0. The Hall–Kier alpha value is -2.67. The van der Waals surface area contributed by atoms with Crippen LogP contribution in [0.1, 0.15) is 38.2 Å². The molecule has 0 aliphatic heterocycles. The Morgan fingerprint density at radius 3 is 2.72 bits per heavy atom. The molecule has 0 bridgehead atoms. The third kappa shape index (κ3) is 4.05. The lowest BCUT2D eigenvalue weighted by Crippen LogP contribution is -2.38. The number of para-hydroxylation sites is 1. The number of pyridine rings is 1. The number of nitrogens with zero attached hydrogens (tertiary/aromatic N) is 3. The van der Waals surface area contributed by atoms with E-state index in [1.54, 1.807) is 12.3 Å². The standard InChI is InChI=1S/C22H24N4O2S/c1-14-8-7-13-23-19(14)26-21(28)17-11-5-6-12-18(17)25-22(26)29-15(2)20(27)24-16-9-3-4-10-16/h5-8,11-13,15-16H,3-4,9-10H2,1-2H3,(H,24,27)/t15-/m1/s1. The topological polar surface area (TPSA) is 76.9 Å². The second-order valence-electron chi connectivity index (χ2n) is 7.45. The summed E-state index contributed by atoms with van der Waals surface area (Å²) in [6.07, 6.45) is 6.06. The van der Waals surface area contributed by atoms with E-state index >= 15 is 0 Å². The molecule has 1 atom stereocenters. The molecule has 0 saturated heterocycles. The Morgan fingerprint density at radius 1 is 1.21 bits per heavy atom. The molecule has 1 saturated carbocycles. The van der Waals surface area contributed by atoms with Crippen molar-refractivity contribution in [3.63, 3.8) is 0 Å². The smallest absolute Gasteiger partial charge is 0.267 e. The lowest BCUT2D eigenvalue weighted by Gasteiger charge is -2.18. The van der Waals surface area contributed by atoms with Crippen molar-refractivity contribution in [1.29, 1.82) is 0 Å². The van der Waals surface area contributed by atoms with Crippen LogP contribution in [0.4, 0.5) is 0 Å². The minimum atomic E-state index is -0.376. The molecule has 2 heterocycles. The number of hydrogen-bond acceptors (Lipinski definition) is 5. The molecule has 4 rings (SSSR count). The molecule has 1 amide bonds. The highest BCUT2D eigenvalue weighted by Gasteiger charge is 2.24. The van der Waals surface area contributed by atoms with Gasteiger partial charge in [-0.1, -0.05) is 42.8 Å². The van der Waals surface area contributed by atoms with Crippen molar-refractivity contribution < 1.29 is 4.79 Å². The number of aromatic nitrogens is 3. The Bertz CT molecular complexity index is 1110. The Kier molecular flexibility index (Phi) is 5.67. The molecule has 29 heavy (non-hydrogen) atoms. The largest absolute Gasteiger partial charge is 0.352 e. The number of benzene rings is 1. The van der Waals surface area contributed by atoms with Crippen LogP contribution in [0.2, 0.25) is 0 Å². The number of rotatable bonds is 5. The Balaban J connectivity index is 1.74. The van der Waals surface area contributed by atoms with Crippen LogP contribution in [0, 0.1) is 6.92 Å². The summed E-state index contributed by atoms with van der Waals surface area (Å²) >= 11 is 1.29. The van der Waals surface area contributed by atoms with Crippen LogP contribution in [0.3, 0.4) is 0 Å². The van der Waals surface area contributed by atoms with Gasteiger partial charge in [-0.05, 0) is 50.5 Å². The molecule has 1 aromatic carbocycles. The molecule has 0 unspecified atom stereocenters. The molecule has 2 aromatic heterocycles. The summed E-state index contributed by atoms with van der Waals surface area (Å²) in [5.41, 5.74) is 1.31. The van der Waals surface area contributed by atoms with E-state index < -0.39 is 0 Å². The van der Waals surface area contributed by atoms with Crippen molar-refractivity contribution in [2.75, 3.05) is 0 Å². The predicted molar refractivity (Wildman–Crippen MR) is 116 cm³/mol. The summed E-state index contributed by atoms with van der Waals surface area (Å²) in [6.45, 7) is 3.76. The van der Waals surface area contributed by atoms with Gasteiger partial charge in [-0.15, -0.1) is 0 Å². The van der Waals surface area contributed by atoms with Crippen molar-refractivity contribution in [2.45, 2.75) is 56.0 Å². The van der Waals surface area contributed by atoms with Crippen molar-refractivity contribution in [1.82, 2.24) is 19.9 Å². The van der Waals surface area contributed by atoms with Gasteiger partial charge in [0, 0.05) is 12.2 Å². The molecule has 1 N–H and O–H groups in total. The van der Waals surface area contributed by atoms with Crippen LogP contribution >= 0.6 is 11.8 Å². The van der Waals surface area contributed by atoms with Crippen LogP contribution in [0.5, 0.6) is 0 Å². The van der Waals surface area contributed by atoms with Crippen molar-refractivity contribution in [3.8, 4) is 5.82 Å². The van der Waals surface area contributed by atoms with E-state index in [2.05, 4.69) is 10.3 Å². The highest BCUT2D eigenvalue weighted by Crippen LogP contribution is 2.26. The van der Waals surface area contributed by atoms with E-state index in [1.807, 2.05) is 44.2 Å². The first-order valence-electron chi connectivity index (χ1n) is 9.95. The van der Waals surface area contributed by atoms with E-state index in [-0.39, 0.29) is 22.8 Å². The molecular formula is C22H24N4O2S. The Morgan fingerprint density at radius 2 is 1.97 bits per heavy atom. The number of thioether (sulfide) groups is 1. The number of amides is 1. The van der Waals surface area contributed by atoms with Gasteiger partial charge in [0.1, 0.15) is 5.82 Å². The first-order valence-corrected chi connectivity index (χ1v) is 10.8. The number of carbonyl (C=O) groups is 1. The lowest BCUT2D eigenvalue weighted by molar-refractivity contribution is -0.120. The minimum absolute atomic E-state index is 0.0198. The average molecular weight is 409 g/mol. The maximum atomic E-state index is 13.3. The highest BCUT2D eigenvalue weighted by atomic mass is 32.2. The third-order valence-corrected chi connectivity index (χ3v) is 6.34. The summed E-state index contributed by atoms with van der Waals surface area (Å²) in [5, 5.41) is 3.76. The quantitative estimate of drug-likeness (QED) is 0.515. The van der Waals surface area contributed by atoms with E-state index in [0.717, 1.165) is 31.2 Å². The van der Waals surface area contributed by atoms with Gasteiger partial charge in [0.15, 0.2) is 5.16 Å². The summed E-state index contributed by atoms with van der Waals surface area (Å²) < 4.78 is 1.53. The van der Waals surface area contributed by atoms with E-state index in [4.69, 9.17) is 4.98 Å². The van der Waals surface area contributed by atoms with Crippen LogP contribution < -0.4 is 10.9 Å². The molecule has 6 nitrogen and oxygen atoms in total. The number of fused-ring (bicyclic) bond motifs is 1. The Labute approximate surface area is 173 Å². The SMILES string of the molecule is Cc1cccnc1-n1c(S[C@H](C)C(=O)NC2CCCC2)nc2ccccc2c1=O. The zero-order valence-electron chi connectivity index (χ0n) is 16.6.